The summed E-state index contributed by atoms with van der Waals surface area (Å²) >= 11 is 0. The summed E-state index contributed by atoms with van der Waals surface area (Å²) in [7, 11) is 0. The number of benzene rings is 2. The molecule has 2 aromatic heterocycles. The predicted molar refractivity (Wildman–Crippen MR) is 134 cm³/mol. The van der Waals surface area contributed by atoms with E-state index in [1.165, 1.54) is 0 Å². The lowest BCUT2D eigenvalue weighted by Gasteiger charge is -2.16. The minimum Gasteiger partial charge on any atom is -0.508 e. The zero-order valence-electron chi connectivity index (χ0n) is 19.6. The summed E-state index contributed by atoms with van der Waals surface area (Å²) in [4.78, 5) is 13.6. The van der Waals surface area contributed by atoms with Gasteiger partial charge in [0.2, 0.25) is 0 Å². The fourth-order valence-electron chi connectivity index (χ4n) is 4.33. The smallest absolute Gasteiger partial charge is 0.180 e. The Kier molecular flexibility index (Phi) is 6.28. The minimum absolute atomic E-state index is 0.0911. The van der Waals surface area contributed by atoms with Crippen LogP contribution < -0.4 is 10.6 Å². The second-order valence-electron chi connectivity index (χ2n) is 8.65. The van der Waals surface area contributed by atoms with Crippen LogP contribution in [0.15, 0.2) is 54.7 Å². The largest absolute Gasteiger partial charge is 0.508 e. The van der Waals surface area contributed by atoms with Gasteiger partial charge < -0.3 is 15.7 Å². The first-order valence-electron chi connectivity index (χ1n) is 11.6. The van der Waals surface area contributed by atoms with Crippen molar-refractivity contribution in [3.8, 4) is 5.75 Å². The number of phenols is 1. The second kappa shape index (κ2) is 9.69. The molecule has 182 valence electrons. The Morgan fingerprint density at radius 3 is 2.61 bits per heavy atom. The van der Waals surface area contributed by atoms with Crippen LogP contribution in [-0.2, 0) is 19.4 Å². The maximum Gasteiger partial charge on any atom is 0.180 e. The number of fused-ring (bicyclic) bond motifs is 1. The van der Waals surface area contributed by atoms with Gasteiger partial charge in [-0.2, -0.15) is 0 Å². The zero-order valence-corrected chi connectivity index (χ0v) is 19.6. The van der Waals surface area contributed by atoms with Crippen LogP contribution in [0, 0.1) is 24.0 Å². The number of halogens is 2. The Labute approximate surface area is 206 Å². The summed E-state index contributed by atoms with van der Waals surface area (Å²) in [5, 5.41) is 24.7. The fourth-order valence-corrected chi connectivity index (χ4v) is 4.33. The molecule has 0 atom stereocenters. The lowest BCUT2D eigenvalue weighted by Crippen LogP contribution is -2.14. The Morgan fingerprint density at radius 2 is 1.83 bits per heavy atom. The molecule has 0 saturated carbocycles. The highest BCUT2D eigenvalue weighted by atomic mass is 19.1. The highest BCUT2D eigenvalue weighted by molar-refractivity contribution is 6.12. The lowest BCUT2D eigenvalue weighted by atomic mass is 10.1. The summed E-state index contributed by atoms with van der Waals surface area (Å²) in [6.45, 7) is 1.75. The third-order valence-corrected chi connectivity index (χ3v) is 6.09. The molecule has 4 N–H and O–H groups in total. The molecule has 4 aromatic rings. The molecule has 0 unspecified atom stereocenters. The molecule has 2 heterocycles. The topological polar surface area (TPSA) is 107 Å². The van der Waals surface area contributed by atoms with Gasteiger partial charge in [-0.25, -0.2) is 18.7 Å². The van der Waals surface area contributed by atoms with Crippen LogP contribution in [-0.4, -0.2) is 25.8 Å². The van der Waals surface area contributed by atoms with Gasteiger partial charge in [0.25, 0.3) is 0 Å². The number of anilines is 3. The molecule has 7 nitrogen and oxygen atoms in total. The van der Waals surface area contributed by atoms with Gasteiger partial charge in [0.1, 0.15) is 28.9 Å². The fraction of sp³-hybridized carbons (Fsp3) is 0.185. The summed E-state index contributed by atoms with van der Waals surface area (Å²) in [6.07, 6.45) is 4.36. The van der Waals surface area contributed by atoms with E-state index in [-0.39, 0.29) is 23.6 Å². The molecule has 0 saturated heterocycles. The first kappa shape index (κ1) is 23.3. The van der Waals surface area contributed by atoms with Gasteiger partial charge in [0.15, 0.2) is 5.82 Å². The van der Waals surface area contributed by atoms with Crippen LogP contribution in [0.1, 0.15) is 40.3 Å². The van der Waals surface area contributed by atoms with Crippen molar-refractivity contribution in [2.24, 2.45) is 0 Å². The molecular weight excluding hydrogens is 462 g/mol. The highest BCUT2D eigenvalue weighted by Crippen LogP contribution is 2.30. The predicted octanol–water partition coefficient (Wildman–Crippen LogP) is 5.42. The maximum atomic E-state index is 14.2. The van der Waals surface area contributed by atoms with Crippen molar-refractivity contribution in [3.63, 3.8) is 0 Å². The average molecular weight is 487 g/mol. The van der Waals surface area contributed by atoms with Crippen molar-refractivity contribution in [3.05, 3.63) is 100 Å². The van der Waals surface area contributed by atoms with Crippen LogP contribution >= 0.6 is 0 Å². The van der Waals surface area contributed by atoms with Gasteiger partial charge >= 0.3 is 0 Å². The van der Waals surface area contributed by atoms with E-state index < -0.39 is 17.4 Å². The number of nitrogens with one attached hydrogen (secondary N) is 3. The molecule has 5 rings (SSSR count). The van der Waals surface area contributed by atoms with Gasteiger partial charge in [-0.05, 0) is 44.4 Å². The SMILES string of the molecule is Cc1cc(Nc2nc(C(=N)c3ccccc3NCc3c(F)cc(O)cc3F)nc3c2CCC3)ccn1. The Balaban J connectivity index is 1.45. The molecule has 36 heavy (non-hydrogen) atoms. The number of rotatable bonds is 7. The Bertz CT molecular complexity index is 1450. The summed E-state index contributed by atoms with van der Waals surface area (Å²) in [6, 6.07) is 12.5. The molecule has 0 radical (unpaired) electrons. The molecule has 0 spiro atoms. The van der Waals surface area contributed by atoms with Crippen LogP contribution in [0.4, 0.5) is 26.0 Å². The van der Waals surface area contributed by atoms with E-state index in [1.54, 1.807) is 30.5 Å². The highest BCUT2D eigenvalue weighted by Gasteiger charge is 2.23. The van der Waals surface area contributed by atoms with Crippen LogP contribution in [0.3, 0.4) is 0 Å². The minimum atomic E-state index is -0.850. The number of para-hydroxylation sites is 1. The Hall–Kier alpha value is -4.40. The summed E-state index contributed by atoms with van der Waals surface area (Å²) in [5.74, 6) is -1.24. The number of phenolic OH excluding ortho intramolecular Hbond substituents is 1. The van der Waals surface area contributed by atoms with Crippen molar-refractivity contribution >= 4 is 22.9 Å². The van der Waals surface area contributed by atoms with Crippen LogP contribution in [0.25, 0.3) is 0 Å². The zero-order chi connectivity index (χ0) is 25.2. The second-order valence-corrected chi connectivity index (χ2v) is 8.65. The maximum absolute atomic E-state index is 14.2. The molecule has 9 heteroatoms. The average Bonchev–Trinajstić information content (AvgIpc) is 3.32. The van der Waals surface area contributed by atoms with E-state index in [9.17, 15) is 13.9 Å². The Morgan fingerprint density at radius 1 is 1.06 bits per heavy atom. The van der Waals surface area contributed by atoms with Crippen LogP contribution in [0.5, 0.6) is 5.75 Å². The number of hydrogen-bond donors (Lipinski definition) is 4. The van der Waals surface area contributed by atoms with E-state index in [4.69, 9.17) is 10.4 Å². The standard InChI is InChI=1S/C27H24F2N6O/c1-15-11-16(9-10-31-15)33-26-19-6-4-8-24(19)34-27(35-26)25(30)18-5-2-3-7-23(18)32-14-20-21(28)12-17(36)13-22(20)29/h2-3,5,7,9-13,30,32,36H,4,6,8,14H2,1H3,(H,31,33,34,35). The van der Waals surface area contributed by atoms with E-state index in [0.29, 0.717) is 17.1 Å². The monoisotopic (exact) mass is 486 g/mol. The molecule has 0 bridgehead atoms. The van der Waals surface area contributed by atoms with Crippen molar-refractivity contribution in [2.75, 3.05) is 10.6 Å². The number of aromatic hydroxyl groups is 1. The molecule has 2 aromatic carbocycles. The quantitative estimate of drug-likeness (QED) is 0.260. The number of nitrogens with zero attached hydrogens (tertiary/aromatic N) is 3. The van der Waals surface area contributed by atoms with E-state index in [0.717, 1.165) is 54.0 Å². The van der Waals surface area contributed by atoms with Gasteiger partial charge in [-0.1, -0.05) is 18.2 Å². The van der Waals surface area contributed by atoms with Gasteiger partial charge in [0.05, 0.1) is 0 Å². The lowest BCUT2D eigenvalue weighted by molar-refractivity contribution is 0.457. The third kappa shape index (κ3) is 4.72. The summed E-state index contributed by atoms with van der Waals surface area (Å²) in [5.41, 5.74) is 4.59. The van der Waals surface area contributed by atoms with Crippen molar-refractivity contribution in [2.45, 2.75) is 32.7 Å². The number of aromatic nitrogens is 3. The van der Waals surface area contributed by atoms with Gasteiger partial charge in [0, 0.05) is 64.3 Å². The molecule has 1 aliphatic carbocycles. The van der Waals surface area contributed by atoms with Gasteiger partial charge in [-0.3, -0.25) is 10.4 Å². The van der Waals surface area contributed by atoms with Crippen molar-refractivity contribution in [1.82, 2.24) is 15.0 Å². The van der Waals surface area contributed by atoms with E-state index >= 15 is 0 Å². The molecule has 1 aliphatic rings. The third-order valence-electron chi connectivity index (χ3n) is 6.09. The normalized spacial score (nSPS) is 12.3. The molecule has 0 aliphatic heterocycles. The molecule has 0 fully saturated rings. The van der Waals surface area contributed by atoms with E-state index in [1.807, 2.05) is 19.1 Å². The van der Waals surface area contributed by atoms with E-state index in [2.05, 4.69) is 20.6 Å². The molecular formula is C27H24F2N6O. The first-order chi connectivity index (χ1) is 17.4. The molecule has 0 amide bonds. The number of aryl methyl sites for hydroxylation is 2. The van der Waals surface area contributed by atoms with Crippen molar-refractivity contribution < 1.29 is 13.9 Å². The number of hydrogen-bond acceptors (Lipinski definition) is 7. The first-order valence-corrected chi connectivity index (χ1v) is 11.6. The van der Waals surface area contributed by atoms with Gasteiger partial charge in [-0.15, -0.1) is 0 Å². The number of pyridine rings is 1. The summed E-state index contributed by atoms with van der Waals surface area (Å²) < 4.78 is 28.4. The van der Waals surface area contributed by atoms with Crippen molar-refractivity contribution in [1.29, 1.82) is 5.41 Å². The van der Waals surface area contributed by atoms with Crippen LogP contribution in [0.2, 0.25) is 0 Å².